The molecule has 0 saturated carbocycles. The summed E-state index contributed by atoms with van der Waals surface area (Å²) in [6.45, 7) is 6.35. The van der Waals surface area contributed by atoms with Crippen LogP contribution in [-0.2, 0) is 11.1 Å². The van der Waals surface area contributed by atoms with Crippen LogP contribution in [0, 0.1) is 23.3 Å². The molecule has 3 rings (SSSR count). The maximum absolute atomic E-state index is 14.0. The molecule has 8 nitrogen and oxygen atoms in total. The van der Waals surface area contributed by atoms with Crippen molar-refractivity contribution in [3.05, 3.63) is 83.4 Å². The molecule has 0 heterocycles. The standard InChI is InChI=1S/C26H33O7P.C7H8N.H3P/c1-16(15-34-29)14-26(2,3)23(24(27)19-10-8-17(30-4)12-21(19)32-6)25(28)20-11-9-18(31-5)13-22(20)33-7;8-6-7-4-2-1-3-5-7;/h8-13,16,23H,14-15H2,1-7H3;2-5H,6,8H2;1H3. The summed E-state index contributed by atoms with van der Waals surface area (Å²) in [4.78, 5) is 28.0. The molecule has 3 aromatic rings. The highest BCUT2D eigenvalue weighted by Crippen LogP contribution is 2.42. The van der Waals surface area contributed by atoms with E-state index in [-0.39, 0.29) is 47.0 Å². The fourth-order valence-electron chi connectivity index (χ4n) is 4.91. The molecule has 1 radical (unpaired) electrons. The van der Waals surface area contributed by atoms with Crippen molar-refractivity contribution >= 4 is 29.9 Å². The number of rotatable bonds is 14. The van der Waals surface area contributed by atoms with Crippen molar-refractivity contribution in [1.82, 2.24) is 0 Å². The fourth-order valence-corrected chi connectivity index (χ4v) is 5.29. The van der Waals surface area contributed by atoms with Crippen LogP contribution in [0.15, 0.2) is 60.7 Å². The van der Waals surface area contributed by atoms with Crippen LogP contribution in [0.2, 0.25) is 0 Å². The minimum atomic E-state index is -1.04. The third-order valence-corrected chi connectivity index (χ3v) is 7.71. The minimum Gasteiger partial charge on any atom is -0.497 e. The summed E-state index contributed by atoms with van der Waals surface area (Å²) in [6, 6.07) is 20.3. The number of nitrogens with two attached hydrogens (primary N) is 1. The molecule has 0 amide bonds. The zero-order chi connectivity index (χ0) is 31.3. The lowest BCUT2D eigenvalue weighted by atomic mass is 9.67. The third-order valence-electron chi connectivity index (χ3n) is 6.94. The molecule has 0 saturated heterocycles. The number of Topliss-reactive ketones (excluding diaryl/α,β-unsaturated/α-hetero) is 2. The van der Waals surface area contributed by atoms with Gasteiger partial charge in [-0.1, -0.05) is 45.0 Å². The van der Waals surface area contributed by atoms with Crippen LogP contribution in [0.25, 0.3) is 0 Å². The van der Waals surface area contributed by atoms with Gasteiger partial charge in [0.05, 0.1) is 45.5 Å². The third kappa shape index (κ3) is 10.4. The molecule has 0 spiro atoms. The van der Waals surface area contributed by atoms with Gasteiger partial charge >= 0.3 is 0 Å². The molecule has 2 unspecified atom stereocenters. The Hall–Kier alpha value is -3.31. The maximum Gasteiger partial charge on any atom is 0.177 e. The van der Waals surface area contributed by atoms with Crippen molar-refractivity contribution in [2.24, 2.45) is 23.0 Å². The summed E-state index contributed by atoms with van der Waals surface area (Å²) in [6.07, 6.45) is 0.956. The molecule has 0 aliphatic rings. The topological polar surface area (TPSA) is 114 Å². The van der Waals surface area contributed by atoms with Crippen LogP contribution in [0.4, 0.5) is 0 Å². The van der Waals surface area contributed by atoms with Gasteiger partial charge < -0.3 is 24.7 Å². The Balaban J connectivity index is 0.000000885. The van der Waals surface area contributed by atoms with E-state index in [0.717, 1.165) is 5.56 Å². The van der Waals surface area contributed by atoms with Crippen molar-refractivity contribution in [2.75, 3.05) is 34.6 Å². The zero-order valence-corrected chi connectivity index (χ0v) is 28.4. The summed E-state index contributed by atoms with van der Waals surface area (Å²) in [5.74, 6) is -0.00318. The Bertz CT molecular complexity index is 1260. The number of ether oxygens (including phenoxy) is 4. The molecule has 3 aromatic carbocycles. The Morgan fingerprint density at radius 1 is 0.837 bits per heavy atom. The quantitative estimate of drug-likeness (QED) is 0.119. The van der Waals surface area contributed by atoms with E-state index >= 15 is 0 Å². The van der Waals surface area contributed by atoms with E-state index in [1.807, 2.05) is 45.0 Å². The van der Waals surface area contributed by atoms with E-state index in [4.69, 9.17) is 24.7 Å². The first kappa shape index (κ1) is 37.7. The molecule has 233 valence electrons. The fraction of sp³-hybridized carbons (Fsp3) is 0.394. The van der Waals surface area contributed by atoms with Gasteiger partial charge in [-0.3, -0.25) is 14.2 Å². The molecular formula is C33H44NO7P2. The van der Waals surface area contributed by atoms with Crippen LogP contribution in [0.1, 0.15) is 53.5 Å². The number of hydrogen-bond acceptors (Lipinski definition) is 8. The average molecular weight is 629 g/mol. The highest BCUT2D eigenvalue weighted by Gasteiger charge is 2.43. The molecule has 0 fully saturated rings. The van der Waals surface area contributed by atoms with E-state index in [0.29, 0.717) is 42.1 Å². The van der Waals surface area contributed by atoms with Crippen LogP contribution in [0.3, 0.4) is 0 Å². The molecule has 2 N–H and O–H groups in total. The molecule has 10 heteroatoms. The summed E-state index contributed by atoms with van der Waals surface area (Å²) in [7, 11) is 6.02. The largest absolute Gasteiger partial charge is 0.497 e. The molecular weight excluding hydrogens is 584 g/mol. The Morgan fingerprint density at radius 2 is 1.30 bits per heavy atom. The van der Waals surface area contributed by atoms with Gasteiger partial charge in [0.1, 0.15) is 23.0 Å². The molecule has 0 aliphatic carbocycles. The van der Waals surface area contributed by atoms with Crippen LogP contribution >= 0.6 is 18.4 Å². The van der Waals surface area contributed by atoms with Gasteiger partial charge in [-0.2, -0.15) is 9.90 Å². The lowest BCUT2D eigenvalue weighted by Crippen LogP contribution is -2.39. The number of hydrogen-bond donors (Lipinski definition) is 1. The predicted octanol–water partition coefficient (Wildman–Crippen LogP) is 6.75. The van der Waals surface area contributed by atoms with Crippen molar-refractivity contribution < 1.29 is 33.1 Å². The monoisotopic (exact) mass is 628 g/mol. The minimum absolute atomic E-state index is 0. The maximum atomic E-state index is 14.0. The SMILES string of the molecule is COc1ccc(C(=O)C(C(=O)c2ccc(OC)cc2OC)C(C)(C)CC(C)CP=O)c(OC)c1.NCc1cc[c]cc1.P. The van der Waals surface area contributed by atoms with Gasteiger partial charge in [0.2, 0.25) is 0 Å². The number of carbonyl (C=O) groups is 2. The van der Waals surface area contributed by atoms with E-state index in [1.54, 1.807) is 36.4 Å². The van der Waals surface area contributed by atoms with Crippen LogP contribution < -0.4 is 24.7 Å². The lowest BCUT2D eigenvalue weighted by Gasteiger charge is -2.35. The second kappa shape index (κ2) is 18.4. The lowest BCUT2D eigenvalue weighted by molar-refractivity contribution is 0.0639. The van der Waals surface area contributed by atoms with Crippen molar-refractivity contribution in [1.29, 1.82) is 0 Å². The zero-order valence-electron chi connectivity index (χ0n) is 26.1. The van der Waals surface area contributed by atoms with E-state index in [2.05, 4.69) is 6.07 Å². The number of benzene rings is 3. The van der Waals surface area contributed by atoms with Crippen molar-refractivity contribution in [3.8, 4) is 23.0 Å². The first-order valence-electron chi connectivity index (χ1n) is 13.5. The highest BCUT2D eigenvalue weighted by atomic mass is 31.1. The van der Waals surface area contributed by atoms with Crippen molar-refractivity contribution in [3.63, 3.8) is 0 Å². The van der Waals surface area contributed by atoms with E-state index < -0.39 is 11.3 Å². The van der Waals surface area contributed by atoms with Gasteiger partial charge in [-0.15, -0.1) is 0 Å². The van der Waals surface area contributed by atoms with Gasteiger partial charge in [0.25, 0.3) is 0 Å². The Kier molecular flexibility index (Phi) is 16.1. The Morgan fingerprint density at radius 3 is 1.65 bits per heavy atom. The molecule has 43 heavy (non-hydrogen) atoms. The van der Waals surface area contributed by atoms with E-state index in [1.165, 1.54) is 28.4 Å². The van der Waals surface area contributed by atoms with Crippen molar-refractivity contribution in [2.45, 2.75) is 33.7 Å². The predicted molar refractivity (Wildman–Crippen MR) is 176 cm³/mol. The Labute approximate surface area is 260 Å². The smallest absolute Gasteiger partial charge is 0.177 e. The number of carbonyl (C=O) groups excluding carboxylic acids is 2. The van der Waals surface area contributed by atoms with E-state index in [9.17, 15) is 14.2 Å². The molecule has 0 bridgehead atoms. The number of methoxy groups -OCH3 is 4. The molecule has 0 aliphatic heterocycles. The summed E-state index contributed by atoms with van der Waals surface area (Å²) in [5, 5.41) is 0. The first-order valence-corrected chi connectivity index (χ1v) is 14.5. The summed E-state index contributed by atoms with van der Waals surface area (Å²) < 4.78 is 32.6. The first-order chi connectivity index (χ1) is 20.1. The molecule has 0 aromatic heterocycles. The second-order valence-corrected chi connectivity index (χ2v) is 11.1. The summed E-state index contributed by atoms with van der Waals surface area (Å²) in [5.41, 5.74) is 6.31. The normalized spacial score (nSPS) is 11.5. The van der Waals surface area contributed by atoms with Gasteiger partial charge in [-0.25, -0.2) is 0 Å². The second-order valence-electron chi connectivity index (χ2n) is 10.5. The van der Waals surface area contributed by atoms with Gasteiger partial charge in [0.15, 0.2) is 20.0 Å². The van der Waals surface area contributed by atoms with Gasteiger partial charge in [-0.05, 0) is 53.6 Å². The van der Waals surface area contributed by atoms with Gasteiger partial charge in [0, 0.05) is 24.8 Å². The highest BCUT2D eigenvalue weighted by molar-refractivity contribution is 7.23. The number of ketones is 2. The average Bonchev–Trinajstić information content (AvgIpc) is 3.00. The van der Waals surface area contributed by atoms with Crippen LogP contribution in [0.5, 0.6) is 23.0 Å². The molecule has 2 atom stereocenters. The van der Waals surface area contributed by atoms with Crippen LogP contribution in [-0.4, -0.2) is 46.2 Å². The summed E-state index contributed by atoms with van der Waals surface area (Å²) >= 11 is 0.